The number of amides is 1. The summed E-state index contributed by atoms with van der Waals surface area (Å²) in [5.41, 5.74) is 0.555. The van der Waals surface area contributed by atoms with E-state index in [1.807, 2.05) is 6.92 Å². The van der Waals surface area contributed by atoms with Gasteiger partial charge in [-0.3, -0.25) is 4.79 Å². The molecule has 1 amide bonds. The van der Waals surface area contributed by atoms with Crippen LogP contribution in [0.25, 0.3) is 0 Å². The molecule has 0 fully saturated rings. The normalized spacial score (nSPS) is 11.9. The molecule has 5 nitrogen and oxygen atoms in total. The van der Waals surface area contributed by atoms with E-state index in [9.17, 15) is 4.79 Å². The highest BCUT2D eigenvalue weighted by atomic mass is 16.5. The van der Waals surface area contributed by atoms with E-state index in [2.05, 4.69) is 15.6 Å². The molecule has 0 spiro atoms. The average molecular weight is 237 g/mol. The molecule has 0 bridgehead atoms. The number of hydrogen-bond donors (Lipinski definition) is 2. The zero-order valence-corrected chi connectivity index (χ0v) is 10.5. The van der Waals surface area contributed by atoms with Gasteiger partial charge in [-0.2, -0.15) is 0 Å². The predicted octanol–water partition coefficient (Wildman–Crippen LogP) is 1.28. The molecule has 2 N–H and O–H groups in total. The first-order chi connectivity index (χ1) is 8.19. The number of nitrogens with zero attached hydrogens (tertiary/aromatic N) is 1. The summed E-state index contributed by atoms with van der Waals surface area (Å²) in [4.78, 5) is 16.1. The van der Waals surface area contributed by atoms with Crippen LogP contribution in [-0.2, 0) is 4.74 Å². The van der Waals surface area contributed by atoms with Gasteiger partial charge in [0, 0.05) is 33.0 Å². The van der Waals surface area contributed by atoms with Crippen LogP contribution in [0.3, 0.4) is 0 Å². The van der Waals surface area contributed by atoms with Crippen molar-refractivity contribution in [2.24, 2.45) is 0 Å². The Bertz CT molecular complexity index is 369. The molecule has 1 atom stereocenters. The van der Waals surface area contributed by atoms with Gasteiger partial charge in [0.1, 0.15) is 5.82 Å². The van der Waals surface area contributed by atoms with Gasteiger partial charge in [0.05, 0.1) is 5.56 Å². The van der Waals surface area contributed by atoms with Crippen LogP contribution in [-0.4, -0.2) is 37.7 Å². The van der Waals surface area contributed by atoms with Crippen LogP contribution < -0.4 is 10.6 Å². The van der Waals surface area contributed by atoms with E-state index in [0.29, 0.717) is 18.0 Å². The molecule has 0 radical (unpaired) electrons. The molecule has 0 aliphatic heterocycles. The van der Waals surface area contributed by atoms with Gasteiger partial charge in [0.15, 0.2) is 0 Å². The van der Waals surface area contributed by atoms with E-state index < -0.39 is 0 Å². The molecule has 0 aliphatic carbocycles. The fourth-order valence-corrected chi connectivity index (χ4v) is 1.46. The number of carbonyl (C=O) groups excluding carboxylic acids is 1. The Hall–Kier alpha value is -1.62. The lowest BCUT2D eigenvalue weighted by molar-refractivity contribution is 0.0930. The molecule has 94 valence electrons. The smallest absolute Gasteiger partial charge is 0.255 e. The van der Waals surface area contributed by atoms with Crippen LogP contribution in [0.15, 0.2) is 18.3 Å². The standard InChI is InChI=1S/C12H19N3O2/c1-9(6-8-17-3)15-12(16)10-5-4-7-14-11(10)13-2/h4-5,7,9H,6,8H2,1-3H3,(H,13,14)(H,15,16). The van der Waals surface area contributed by atoms with E-state index >= 15 is 0 Å². The zero-order valence-electron chi connectivity index (χ0n) is 10.5. The molecule has 0 aliphatic rings. The second-order valence-corrected chi connectivity index (χ2v) is 3.81. The number of nitrogens with one attached hydrogen (secondary N) is 2. The Morgan fingerprint density at radius 3 is 3.00 bits per heavy atom. The molecule has 1 heterocycles. The van der Waals surface area contributed by atoms with E-state index in [1.54, 1.807) is 32.5 Å². The maximum atomic E-state index is 12.0. The minimum Gasteiger partial charge on any atom is -0.385 e. The molecule has 0 aromatic carbocycles. The van der Waals surface area contributed by atoms with Crippen LogP contribution in [0.5, 0.6) is 0 Å². The molecule has 17 heavy (non-hydrogen) atoms. The van der Waals surface area contributed by atoms with E-state index in [0.717, 1.165) is 6.42 Å². The van der Waals surface area contributed by atoms with Crippen LogP contribution >= 0.6 is 0 Å². The number of pyridine rings is 1. The average Bonchev–Trinajstić information content (AvgIpc) is 2.36. The zero-order chi connectivity index (χ0) is 12.7. The summed E-state index contributed by atoms with van der Waals surface area (Å²) < 4.78 is 4.97. The van der Waals surface area contributed by atoms with Crippen molar-refractivity contribution in [1.29, 1.82) is 0 Å². The van der Waals surface area contributed by atoms with Gasteiger partial charge in [0.25, 0.3) is 5.91 Å². The van der Waals surface area contributed by atoms with Crippen molar-refractivity contribution in [2.75, 3.05) is 26.1 Å². The van der Waals surface area contributed by atoms with Gasteiger partial charge in [-0.1, -0.05) is 0 Å². The Balaban J connectivity index is 2.63. The molecule has 1 unspecified atom stereocenters. The predicted molar refractivity (Wildman–Crippen MR) is 67.2 cm³/mol. The lowest BCUT2D eigenvalue weighted by Crippen LogP contribution is -2.33. The fourth-order valence-electron chi connectivity index (χ4n) is 1.46. The van der Waals surface area contributed by atoms with Gasteiger partial charge < -0.3 is 15.4 Å². The monoisotopic (exact) mass is 237 g/mol. The topological polar surface area (TPSA) is 63.2 Å². The molecule has 5 heteroatoms. The summed E-state index contributed by atoms with van der Waals surface area (Å²) in [6.07, 6.45) is 2.44. The largest absolute Gasteiger partial charge is 0.385 e. The van der Waals surface area contributed by atoms with E-state index in [-0.39, 0.29) is 11.9 Å². The summed E-state index contributed by atoms with van der Waals surface area (Å²) in [5, 5.41) is 5.80. The van der Waals surface area contributed by atoms with Crippen molar-refractivity contribution in [3.05, 3.63) is 23.9 Å². The third-order valence-electron chi connectivity index (χ3n) is 2.42. The lowest BCUT2D eigenvalue weighted by Gasteiger charge is -2.14. The van der Waals surface area contributed by atoms with Crippen molar-refractivity contribution in [3.63, 3.8) is 0 Å². The SMILES string of the molecule is CNc1ncccc1C(=O)NC(C)CCOC. The summed E-state index contributed by atoms with van der Waals surface area (Å²) in [6, 6.07) is 3.57. The second-order valence-electron chi connectivity index (χ2n) is 3.81. The van der Waals surface area contributed by atoms with Gasteiger partial charge in [0.2, 0.25) is 0 Å². The van der Waals surface area contributed by atoms with E-state index in [1.165, 1.54) is 0 Å². The van der Waals surface area contributed by atoms with Crippen molar-refractivity contribution in [1.82, 2.24) is 10.3 Å². The number of hydrogen-bond acceptors (Lipinski definition) is 4. The maximum absolute atomic E-state index is 12.0. The van der Waals surface area contributed by atoms with Crippen LogP contribution in [0.1, 0.15) is 23.7 Å². The molecule has 1 rings (SSSR count). The van der Waals surface area contributed by atoms with Crippen LogP contribution in [0.4, 0.5) is 5.82 Å². The van der Waals surface area contributed by atoms with Gasteiger partial charge in [-0.25, -0.2) is 4.98 Å². The number of anilines is 1. The van der Waals surface area contributed by atoms with Gasteiger partial charge in [-0.15, -0.1) is 0 Å². The van der Waals surface area contributed by atoms with Crippen molar-refractivity contribution in [2.45, 2.75) is 19.4 Å². The van der Waals surface area contributed by atoms with Crippen LogP contribution in [0.2, 0.25) is 0 Å². The summed E-state index contributed by atoms with van der Waals surface area (Å²) in [6.45, 7) is 2.58. The number of ether oxygens (including phenoxy) is 1. The number of rotatable bonds is 6. The quantitative estimate of drug-likeness (QED) is 0.782. The van der Waals surface area contributed by atoms with Crippen molar-refractivity contribution < 1.29 is 9.53 Å². The molecule has 1 aromatic rings. The highest BCUT2D eigenvalue weighted by molar-refractivity contribution is 5.98. The number of aromatic nitrogens is 1. The van der Waals surface area contributed by atoms with Gasteiger partial charge in [-0.05, 0) is 25.5 Å². The maximum Gasteiger partial charge on any atom is 0.255 e. The molecular weight excluding hydrogens is 218 g/mol. The summed E-state index contributed by atoms with van der Waals surface area (Å²) in [7, 11) is 3.39. The Morgan fingerprint density at radius 2 is 2.35 bits per heavy atom. The highest BCUT2D eigenvalue weighted by Crippen LogP contribution is 2.10. The number of carbonyl (C=O) groups is 1. The number of methoxy groups -OCH3 is 1. The molecule has 1 aromatic heterocycles. The van der Waals surface area contributed by atoms with Crippen molar-refractivity contribution >= 4 is 11.7 Å². The van der Waals surface area contributed by atoms with Gasteiger partial charge >= 0.3 is 0 Å². The fraction of sp³-hybridized carbons (Fsp3) is 0.500. The Kier molecular flexibility index (Phi) is 5.42. The minimum absolute atomic E-state index is 0.0763. The van der Waals surface area contributed by atoms with E-state index in [4.69, 9.17) is 4.74 Å². The minimum atomic E-state index is -0.119. The first-order valence-corrected chi connectivity index (χ1v) is 5.61. The lowest BCUT2D eigenvalue weighted by atomic mass is 10.2. The molecule has 0 saturated carbocycles. The molecular formula is C12H19N3O2. The third kappa shape index (κ3) is 4.03. The first-order valence-electron chi connectivity index (χ1n) is 5.61. The highest BCUT2D eigenvalue weighted by Gasteiger charge is 2.13. The third-order valence-corrected chi connectivity index (χ3v) is 2.42. The second kappa shape index (κ2) is 6.85. The Labute approximate surface area is 102 Å². The molecule has 0 saturated heterocycles. The van der Waals surface area contributed by atoms with Crippen molar-refractivity contribution in [3.8, 4) is 0 Å². The summed E-state index contributed by atoms with van der Waals surface area (Å²) >= 11 is 0. The summed E-state index contributed by atoms with van der Waals surface area (Å²) in [5.74, 6) is 0.468. The Morgan fingerprint density at radius 1 is 1.59 bits per heavy atom. The first kappa shape index (κ1) is 13.4. The van der Waals surface area contributed by atoms with Crippen LogP contribution in [0, 0.1) is 0 Å².